The van der Waals surface area contributed by atoms with Crippen molar-refractivity contribution in [3.05, 3.63) is 35.9 Å². The molecule has 3 heterocycles. The Labute approximate surface area is 213 Å². The average molecular weight is 505 g/mol. The summed E-state index contributed by atoms with van der Waals surface area (Å²) in [6.45, 7) is 8.95. The van der Waals surface area contributed by atoms with E-state index in [2.05, 4.69) is 10.3 Å². The second kappa shape index (κ2) is 11.5. The molecule has 8 heteroatoms. The summed E-state index contributed by atoms with van der Waals surface area (Å²) in [5.74, 6) is -2.14. The molecule has 3 rings (SSSR count). The van der Waals surface area contributed by atoms with E-state index in [1.54, 1.807) is 38.2 Å². The number of nitrogens with zero attached hydrogens (tertiary/aromatic N) is 1. The summed E-state index contributed by atoms with van der Waals surface area (Å²) < 4.78 is 21.3. The molecule has 1 amide bonds. The van der Waals surface area contributed by atoms with Gasteiger partial charge in [-0.15, -0.1) is 0 Å². The van der Waals surface area contributed by atoms with E-state index in [1.807, 2.05) is 20.8 Å². The van der Waals surface area contributed by atoms with Crippen molar-refractivity contribution in [1.82, 2.24) is 10.3 Å². The summed E-state index contributed by atoms with van der Waals surface area (Å²) in [6, 6.07) is 4.21. The number of carbonyl (C=O) groups is 2. The maximum atomic E-state index is 15.4. The molecular formula is C28H41FN2O5. The third-order valence-corrected chi connectivity index (χ3v) is 8.08. The minimum atomic E-state index is -1.29. The van der Waals surface area contributed by atoms with Gasteiger partial charge in [0.2, 0.25) is 5.91 Å². The van der Waals surface area contributed by atoms with E-state index in [-0.39, 0.29) is 30.6 Å². The third kappa shape index (κ3) is 6.58. The van der Waals surface area contributed by atoms with Crippen LogP contribution in [-0.2, 0) is 14.3 Å². The van der Waals surface area contributed by atoms with Gasteiger partial charge in [-0.1, -0.05) is 40.2 Å². The molecule has 36 heavy (non-hydrogen) atoms. The van der Waals surface area contributed by atoms with Crippen LogP contribution in [-0.4, -0.2) is 56.8 Å². The predicted octanol–water partition coefficient (Wildman–Crippen LogP) is 3.98. The monoisotopic (exact) mass is 504 g/mol. The van der Waals surface area contributed by atoms with Crippen LogP contribution < -0.4 is 5.32 Å². The highest BCUT2D eigenvalue weighted by Gasteiger charge is 2.53. The lowest BCUT2D eigenvalue weighted by molar-refractivity contribution is -0.144. The molecule has 200 valence electrons. The van der Waals surface area contributed by atoms with Crippen LogP contribution in [0, 0.1) is 17.3 Å². The van der Waals surface area contributed by atoms with Crippen molar-refractivity contribution in [1.29, 1.82) is 0 Å². The second-order valence-electron chi connectivity index (χ2n) is 11.2. The molecule has 0 saturated carbocycles. The van der Waals surface area contributed by atoms with Gasteiger partial charge in [0.1, 0.15) is 11.6 Å². The van der Waals surface area contributed by atoms with Gasteiger partial charge >= 0.3 is 0 Å². The summed E-state index contributed by atoms with van der Waals surface area (Å²) in [6.07, 6.45) is 3.04. The number of pyridine rings is 1. The lowest BCUT2D eigenvalue weighted by Crippen LogP contribution is -2.48. The molecule has 1 aromatic rings. The van der Waals surface area contributed by atoms with Crippen molar-refractivity contribution in [2.45, 2.75) is 103 Å². The molecule has 2 fully saturated rings. The first-order valence-electron chi connectivity index (χ1n) is 13.0. The summed E-state index contributed by atoms with van der Waals surface area (Å²) in [5.41, 5.74) is -1.26. The topological polar surface area (TPSA) is 112 Å². The molecule has 3 N–H and O–H groups in total. The fraction of sp³-hybridized carbons (Fsp3) is 0.679. The van der Waals surface area contributed by atoms with Gasteiger partial charge in [-0.25, -0.2) is 4.39 Å². The van der Waals surface area contributed by atoms with E-state index >= 15 is 4.39 Å². The number of aromatic nitrogens is 1. The van der Waals surface area contributed by atoms with Crippen molar-refractivity contribution in [3.8, 4) is 0 Å². The molecule has 0 aliphatic carbocycles. The molecule has 2 aliphatic heterocycles. The number of epoxide rings is 1. The zero-order chi connectivity index (χ0) is 26.7. The fourth-order valence-corrected chi connectivity index (χ4v) is 5.22. The molecule has 0 radical (unpaired) electrons. The number of amides is 1. The number of fused-ring (bicyclic) bond motifs is 1. The first kappa shape index (κ1) is 28.4. The Balaban J connectivity index is 1.87. The number of ether oxygens (including phenoxy) is 1. The first-order valence-corrected chi connectivity index (χ1v) is 13.0. The molecule has 0 spiro atoms. The van der Waals surface area contributed by atoms with Crippen LogP contribution in [0.4, 0.5) is 4.39 Å². The van der Waals surface area contributed by atoms with Crippen LogP contribution in [0.1, 0.15) is 78.8 Å². The summed E-state index contributed by atoms with van der Waals surface area (Å²) in [4.78, 5) is 30.5. The van der Waals surface area contributed by atoms with Crippen LogP contribution in [0.25, 0.3) is 6.08 Å². The number of nitrogens with one attached hydrogen (secondary N) is 1. The zero-order valence-corrected chi connectivity index (χ0v) is 22.0. The Bertz CT molecular complexity index is 953. The average Bonchev–Trinajstić information content (AvgIpc) is 3.47. The zero-order valence-electron chi connectivity index (χ0n) is 22.0. The highest BCUT2D eigenvalue weighted by Crippen LogP contribution is 2.44. The van der Waals surface area contributed by atoms with Crippen LogP contribution in [0.3, 0.4) is 0 Å². The molecule has 7 nitrogen and oxygen atoms in total. The lowest BCUT2D eigenvalue weighted by atomic mass is 9.71. The third-order valence-electron chi connectivity index (χ3n) is 8.08. The van der Waals surface area contributed by atoms with Gasteiger partial charge in [0.05, 0.1) is 47.5 Å². The van der Waals surface area contributed by atoms with Gasteiger partial charge in [0.15, 0.2) is 0 Å². The Morgan fingerprint density at radius 1 is 1.28 bits per heavy atom. The van der Waals surface area contributed by atoms with E-state index in [9.17, 15) is 19.8 Å². The van der Waals surface area contributed by atoms with E-state index in [1.165, 1.54) is 6.08 Å². The second-order valence-corrected chi connectivity index (χ2v) is 11.2. The van der Waals surface area contributed by atoms with Crippen molar-refractivity contribution in [2.75, 3.05) is 0 Å². The van der Waals surface area contributed by atoms with Crippen molar-refractivity contribution in [2.24, 2.45) is 17.3 Å². The first-order chi connectivity index (χ1) is 16.9. The number of carbonyl (C=O) groups excluding carboxylic acids is 2. The highest BCUT2D eigenvalue weighted by molar-refractivity contribution is 5.88. The fourth-order valence-electron chi connectivity index (χ4n) is 5.22. The molecular weight excluding hydrogens is 463 g/mol. The van der Waals surface area contributed by atoms with Crippen molar-refractivity contribution < 1.29 is 28.9 Å². The smallest absolute Gasteiger partial charge is 0.223 e. The Morgan fingerprint density at radius 3 is 2.64 bits per heavy atom. The standard InChI is InChI=1S/C28H41FN2O5/c1-6-19-25(34)17(2)10-9-12-28(5)23(36-28)15-21(20(29)14-18-11-7-8-13-30-18)31-24(33)16-22(32)27(3,4)26(19)35/h7-8,11,13-14,17,19,21-23,25,32,34H,6,9-10,12,15-16H2,1-5H3,(H,31,33). The van der Waals surface area contributed by atoms with E-state index in [0.717, 1.165) is 12.8 Å². The van der Waals surface area contributed by atoms with E-state index in [0.29, 0.717) is 18.5 Å². The normalized spacial score (nSPS) is 36.6. The number of hydrogen-bond donors (Lipinski definition) is 3. The molecule has 0 bridgehead atoms. The van der Waals surface area contributed by atoms with Gasteiger partial charge in [0, 0.05) is 18.5 Å². The number of halogens is 1. The van der Waals surface area contributed by atoms with Gasteiger partial charge in [-0.2, -0.15) is 0 Å². The summed E-state index contributed by atoms with van der Waals surface area (Å²) in [5, 5.41) is 24.6. The number of aliphatic hydroxyl groups excluding tert-OH is 2. The summed E-state index contributed by atoms with van der Waals surface area (Å²) >= 11 is 0. The van der Waals surface area contributed by atoms with Gasteiger partial charge in [-0.3, -0.25) is 14.6 Å². The van der Waals surface area contributed by atoms with Crippen LogP contribution in [0.15, 0.2) is 30.2 Å². The maximum Gasteiger partial charge on any atom is 0.223 e. The number of rotatable bonds is 3. The number of hydrogen-bond acceptors (Lipinski definition) is 6. The number of Topliss-reactive ketones (excluding diaryl/α,β-unsaturated/α-hetero) is 1. The van der Waals surface area contributed by atoms with Crippen LogP contribution in [0.5, 0.6) is 0 Å². The van der Waals surface area contributed by atoms with E-state index in [4.69, 9.17) is 4.74 Å². The SMILES string of the molecule is CCC1C(=O)C(C)(C)C(O)CC(=O)NC(C(F)=Cc2ccccn2)CC2OC2(C)CCCC(C)C1O. The van der Waals surface area contributed by atoms with Gasteiger partial charge in [0.25, 0.3) is 0 Å². The van der Waals surface area contributed by atoms with Crippen LogP contribution in [0.2, 0.25) is 0 Å². The molecule has 7 unspecified atom stereocenters. The largest absolute Gasteiger partial charge is 0.392 e. The maximum absolute atomic E-state index is 15.4. The minimum Gasteiger partial charge on any atom is -0.392 e. The molecule has 2 aliphatic rings. The Hall–Kier alpha value is -2.16. The van der Waals surface area contributed by atoms with Crippen LogP contribution >= 0.6 is 0 Å². The van der Waals surface area contributed by atoms with Gasteiger partial charge < -0.3 is 20.3 Å². The molecule has 1 aromatic heterocycles. The highest BCUT2D eigenvalue weighted by atomic mass is 19.1. The van der Waals surface area contributed by atoms with E-state index < -0.39 is 46.9 Å². The number of ketones is 1. The number of aliphatic hydroxyl groups is 2. The van der Waals surface area contributed by atoms with Crippen molar-refractivity contribution >= 4 is 17.8 Å². The van der Waals surface area contributed by atoms with Crippen molar-refractivity contribution in [3.63, 3.8) is 0 Å². The molecule has 2 saturated heterocycles. The Kier molecular flexibility index (Phi) is 9.06. The molecule has 0 aromatic carbocycles. The summed E-state index contributed by atoms with van der Waals surface area (Å²) in [7, 11) is 0. The predicted molar refractivity (Wildman–Crippen MR) is 135 cm³/mol. The Morgan fingerprint density at radius 2 is 2.00 bits per heavy atom. The quantitative estimate of drug-likeness (QED) is 0.537. The van der Waals surface area contributed by atoms with Gasteiger partial charge in [-0.05, 0) is 50.3 Å². The lowest BCUT2D eigenvalue weighted by Gasteiger charge is -2.35. The minimum absolute atomic E-state index is 0.115. The molecule has 7 atom stereocenters.